The van der Waals surface area contributed by atoms with Crippen molar-refractivity contribution >= 4 is 15.9 Å². The monoisotopic (exact) mass is 279 g/mol. The second kappa shape index (κ2) is 4.34. The molecule has 2 rings (SSSR count). The van der Waals surface area contributed by atoms with Crippen LogP contribution in [-0.2, 0) is 0 Å². The largest absolute Gasteiger partial charge is 0.497 e. The van der Waals surface area contributed by atoms with Gasteiger partial charge in [0.15, 0.2) is 0 Å². The van der Waals surface area contributed by atoms with Crippen LogP contribution in [0.3, 0.4) is 0 Å². The zero-order valence-corrected chi connectivity index (χ0v) is 11.2. The second-order valence-electron chi connectivity index (χ2n) is 3.80. The molecule has 1 aromatic heterocycles. The summed E-state index contributed by atoms with van der Waals surface area (Å²) in [4.78, 5) is 0. The predicted octanol–water partition coefficient (Wildman–Crippen LogP) is 3.87. The predicted molar refractivity (Wildman–Crippen MR) is 69.5 cm³/mol. The van der Waals surface area contributed by atoms with Crippen molar-refractivity contribution in [1.82, 2.24) is 4.57 Å². The van der Waals surface area contributed by atoms with Gasteiger partial charge >= 0.3 is 0 Å². The van der Waals surface area contributed by atoms with Crippen molar-refractivity contribution in [3.05, 3.63) is 46.2 Å². The maximum Gasteiger partial charge on any atom is 0.122 e. The summed E-state index contributed by atoms with van der Waals surface area (Å²) in [5.74, 6) is 0.858. The summed E-state index contributed by atoms with van der Waals surface area (Å²) >= 11 is 3.50. The SMILES string of the molecule is COc1cc(Br)cc(-n2c(C)ccc2C)c1. The van der Waals surface area contributed by atoms with Crippen molar-refractivity contribution < 1.29 is 4.74 Å². The van der Waals surface area contributed by atoms with Gasteiger partial charge in [0, 0.05) is 21.9 Å². The van der Waals surface area contributed by atoms with Gasteiger partial charge in [-0.1, -0.05) is 15.9 Å². The van der Waals surface area contributed by atoms with E-state index >= 15 is 0 Å². The Hall–Kier alpha value is -1.22. The Morgan fingerprint density at radius 2 is 1.69 bits per heavy atom. The van der Waals surface area contributed by atoms with E-state index in [1.165, 1.54) is 11.4 Å². The standard InChI is InChI=1S/C13H14BrNO/c1-9-4-5-10(2)15(9)12-6-11(14)7-13(8-12)16-3/h4-8H,1-3H3. The van der Waals surface area contributed by atoms with Crippen LogP contribution in [0.5, 0.6) is 5.75 Å². The van der Waals surface area contributed by atoms with Gasteiger partial charge in [-0.05, 0) is 38.1 Å². The Labute approximate surface area is 104 Å². The van der Waals surface area contributed by atoms with Gasteiger partial charge in [0.25, 0.3) is 0 Å². The number of benzene rings is 1. The minimum Gasteiger partial charge on any atom is -0.497 e. The molecule has 1 heterocycles. The molecule has 0 saturated carbocycles. The van der Waals surface area contributed by atoms with Crippen LogP contribution in [-0.4, -0.2) is 11.7 Å². The van der Waals surface area contributed by atoms with E-state index in [1.807, 2.05) is 12.1 Å². The molecule has 0 saturated heterocycles. The average Bonchev–Trinajstić information content (AvgIpc) is 2.57. The third-order valence-electron chi connectivity index (χ3n) is 2.62. The van der Waals surface area contributed by atoms with E-state index in [1.54, 1.807) is 7.11 Å². The van der Waals surface area contributed by atoms with Crippen LogP contribution in [0.4, 0.5) is 0 Å². The zero-order valence-electron chi connectivity index (χ0n) is 9.62. The van der Waals surface area contributed by atoms with Gasteiger partial charge in [-0.3, -0.25) is 0 Å². The van der Waals surface area contributed by atoms with E-state index in [9.17, 15) is 0 Å². The Kier molecular flexibility index (Phi) is 3.06. The van der Waals surface area contributed by atoms with Gasteiger partial charge in [0.05, 0.1) is 12.8 Å². The van der Waals surface area contributed by atoms with Crippen molar-refractivity contribution in [2.75, 3.05) is 7.11 Å². The van der Waals surface area contributed by atoms with Gasteiger partial charge in [-0.25, -0.2) is 0 Å². The van der Waals surface area contributed by atoms with Crippen LogP contribution in [0.1, 0.15) is 11.4 Å². The number of halogens is 1. The summed E-state index contributed by atoms with van der Waals surface area (Å²) in [7, 11) is 1.68. The Bertz CT molecular complexity index is 497. The van der Waals surface area contributed by atoms with Gasteiger partial charge in [0.2, 0.25) is 0 Å². The Balaban J connectivity index is 2.60. The van der Waals surface area contributed by atoms with Crippen LogP contribution in [0.2, 0.25) is 0 Å². The summed E-state index contributed by atoms with van der Waals surface area (Å²) in [6.45, 7) is 4.20. The van der Waals surface area contributed by atoms with Crippen molar-refractivity contribution in [3.8, 4) is 11.4 Å². The van der Waals surface area contributed by atoms with Crippen LogP contribution in [0, 0.1) is 13.8 Å². The average molecular weight is 280 g/mol. The molecule has 1 aromatic carbocycles. The number of hydrogen-bond donors (Lipinski definition) is 0. The van der Waals surface area contributed by atoms with E-state index in [2.05, 4.69) is 52.5 Å². The van der Waals surface area contributed by atoms with E-state index in [0.29, 0.717) is 0 Å². The number of aryl methyl sites for hydroxylation is 2. The molecule has 0 spiro atoms. The van der Waals surface area contributed by atoms with Crippen molar-refractivity contribution in [2.24, 2.45) is 0 Å². The molecule has 0 radical (unpaired) electrons. The molecule has 3 heteroatoms. The lowest BCUT2D eigenvalue weighted by molar-refractivity contribution is 0.414. The summed E-state index contributed by atoms with van der Waals surface area (Å²) in [6, 6.07) is 10.3. The van der Waals surface area contributed by atoms with Gasteiger partial charge in [-0.2, -0.15) is 0 Å². The molecule has 0 atom stereocenters. The first kappa shape index (κ1) is 11.3. The maximum absolute atomic E-state index is 5.27. The number of rotatable bonds is 2. The first-order valence-electron chi connectivity index (χ1n) is 5.11. The molecule has 0 fully saturated rings. The second-order valence-corrected chi connectivity index (χ2v) is 4.72. The molecule has 0 aliphatic heterocycles. The highest BCUT2D eigenvalue weighted by atomic mass is 79.9. The Morgan fingerprint density at radius 3 is 2.25 bits per heavy atom. The molecule has 2 nitrogen and oxygen atoms in total. The molecular weight excluding hydrogens is 266 g/mol. The third kappa shape index (κ3) is 2.00. The van der Waals surface area contributed by atoms with Gasteiger partial charge in [0.1, 0.15) is 5.75 Å². The molecular formula is C13H14BrNO. The lowest BCUT2D eigenvalue weighted by Gasteiger charge is -2.11. The molecule has 0 unspecified atom stereocenters. The summed E-state index contributed by atoms with van der Waals surface area (Å²) < 4.78 is 8.49. The minimum absolute atomic E-state index is 0.858. The van der Waals surface area contributed by atoms with Crippen LogP contribution >= 0.6 is 15.9 Å². The fourth-order valence-electron chi connectivity index (χ4n) is 1.87. The molecule has 0 bridgehead atoms. The molecule has 0 N–H and O–H groups in total. The van der Waals surface area contributed by atoms with Crippen LogP contribution < -0.4 is 4.74 Å². The highest BCUT2D eigenvalue weighted by Crippen LogP contribution is 2.25. The Morgan fingerprint density at radius 1 is 1.06 bits per heavy atom. The normalized spacial score (nSPS) is 10.5. The van der Waals surface area contributed by atoms with E-state index < -0.39 is 0 Å². The van der Waals surface area contributed by atoms with E-state index in [-0.39, 0.29) is 0 Å². The quantitative estimate of drug-likeness (QED) is 0.814. The lowest BCUT2D eigenvalue weighted by atomic mass is 10.3. The third-order valence-corrected chi connectivity index (χ3v) is 3.08. The summed E-state index contributed by atoms with van der Waals surface area (Å²) in [5, 5.41) is 0. The highest BCUT2D eigenvalue weighted by Gasteiger charge is 2.06. The number of nitrogens with zero attached hydrogens (tertiary/aromatic N) is 1. The van der Waals surface area contributed by atoms with Crippen molar-refractivity contribution in [3.63, 3.8) is 0 Å². The lowest BCUT2D eigenvalue weighted by Crippen LogP contribution is -1.99. The van der Waals surface area contributed by atoms with E-state index in [4.69, 9.17) is 4.74 Å². The number of hydrogen-bond acceptors (Lipinski definition) is 1. The minimum atomic E-state index is 0.858. The number of ether oxygens (including phenoxy) is 1. The van der Waals surface area contributed by atoms with Crippen LogP contribution in [0.25, 0.3) is 5.69 Å². The highest BCUT2D eigenvalue weighted by molar-refractivity contribution is 9.10. The van der Waals surface area contributed by atoms with Gasteiger partial charge in [-0.15, -0.1) is 0 Å². The summed E-state index contributed by atoms with van der Waals surface area (Å²) in [6.07, 6.45) is 0. The zero-order chi connectivity index (χ0) is 11.7. The smallest absolute Gasteiger partial charge is 0.122 e. The van der Waals surface area contributed by atoms with Crippen molar-refractivity contribution in [2.45, 2.75) is 13.8 Å². The molecule has 2 aromatic rings. The summed E-state index contributed by atoms with van der Waals surface area (Å²) in [5.41, 5.74) is 3.56. The molecule has 84 valence electrons. The maximum atomic E-state index is 5.27. The topological polar surface area (TPSA) is 14.2 Å². The first-order chi connectivity index (χ1) is 7.61. The molecule has 0 aliphatic rings. The number of methoxy groups -OCH3 is 1. The van der Waals surface area contributed by atoms with Crippen LogP contribution in [0.15, 0.2) is 34.8 Å². The fourth-order valence-corrected chi connectivity index (χ4v) is 2.33. The molecule has 0 amide bonds. The molecule has 16 heavy (non-hydrogen) atoms. The molecule has 0 aliphatic carbocycles. The van der Waals surface area contributed by atoms with E-state index in [0.717, 1.165) is 15.9 Å². The van der Waals surface area contributed by atoms with Crippen molar-refractivity contribution in [1.29, 1.82) is 0 Å². The fraction of sp³-hybridized carbons (Fsp3) is 0.231. The number of aromatic nitrogens is 1. The van der Waals surface area contributed by atoms with Gasteiger partial charge < -0.3 is 9.30 Å². The first-order valence-corrected chi connectivity index (χ1v) is 5.91.